The Labute approximate surface area is 86.2 Å². The summed E-state index contributed by atoms with van der Waals surface area (Å²) in [4.78, 5) is 0. The fourth-order valence-corrected chi connectivity index (χ4v) is 2.18. The van der Waals surface area contributed by atoms with E-state index in [-0.39, 0.29) is 12.3 Å². The lowest BCUT2D eigenvalue weighted by atomic mass is 10.4. The van der Waals surface area contributed by atoms with E-state index in [1.54, 1.807) is 6.92 Å². The van der Waals surface area contributed by atoms with E-state index in [9.17, 15) is 8.42 Å². The molecule has 0 bridgehead atoms. The summed E-state index contributed by atoms with van der Waals surface area (Å²) in [5.41, 5.74) is 0. The summed E-state index contributed by atoms with van der Waals surface area (Å²) < 4.78 is 24.2. The van der Waals surface area contributed by atoms with Crippen molar-refractivity contribution in [2.24, 2.45) is 0 Å². The normalized spacial score (nSPS) is 14.6. The van der Waals surface area contributed by atoms with Crippen LogP contribution in [0.2, 0.25) is 0 Å². The summed E-state index contributed by atoms with van der Waals surface area (Å²) in [5.74, 6) is 0.0735. The lowest BCUT2D eigenvalue weighted by Gasteiger charge is -2.18. The molecule has 0 saturated heterocycles. The largest absolute Gasteiger partial charge is 0.392 e. The number of hydrogen-bond acceptors (Lipinski definition) is 4. The van der Waals surface area contributed by atoms with Crippen LogP contribution >= 0.6 is 0 Å². The van der Waals surface area contributed by atoms with Gasteiger partial charge in [-0.1, -0.05) is 6.92 Å². The standard InChI is InChI=1S/C8H20N2O3S/c1-4-9-5-6-14(12,13)10(3)7-8(2)11/h8-9,11H,4-7H2,1-3H3. The van der Waals surface area contributed by atoms with Gasteiger partial charge >= 0.3 is 0 Å². The maximum atomic E-state index is 11.5. The van der Waals surface area contributed by atoms with Crippen molar-refractivity contribution in [3.63, 3.8) is 0 Å². The second kappa shape index (κ2) is 6.34. The molecule has 2 N–H and O–H groups in total. The van der Waals surface area contributed by atoms with Crippen molar-refractivity contribution in [2.75, 3.05) is 32.4 Å². The summed E-state index contributed by atoms with van der Waals surface area (Å²) in [6.07, 6.45) is -0.631. The first-order valence-electron chi connectivity index (χ1n) is 4.73. The second-order valence-corrected chi connectivity index (χ2v) is 5.49. The highest BCUT2D eigenvalue weighted by Crippen LogP contribution is 1.98. The van der Waals surface area contributed by atoms with Crippen molar-refractivity contribution >= 4 is 10.0 Å². The minimum absolute atomic E-state index is 0.0735. The maximum Gasteiger partial charge on any atom is 0.215 e. The molecule has 0 rings (SSSR count). The van der Waals surface area contributed by atoms with Gasteiger partial charge in [-0.05, 0) is 13.5 Å². The molecule has 0 spiro atoms. The zero-order chi connectivity index (χ0) is 11.2. The van der Waals surface area contributed by atoms with Crippen LogP contribution < -0.4 is 5.32 Å². The van der Waals surface area contributed by atoms with Gasteiger partial charge in [0.05, 0.1) is 11.9 Å². The third kappa shape index (κ3) is 5.54. The number of sulfonamides is 1. The van der Waals surface area contributed by atoms with Crippen molar-refractivity contribution in [3.05, 3.63) is 0 Å². The minimum Gasteiger partial charge on any atom is -0.392 e. The Hall–Kier alpha value is -0.170. The Morgan fingerprint density at radius 1 is 1.50 bits per heavy atom. The van der Waals surface area contributed by atoms with Crippen LogP contribution in [0.3, 0.4) is 0 Å². The Bertz CT molecular complexity index is 239. The smallest absolute Gasteiger partial charge is 0.215 e. The topological polar surface area (TPSA) is 69.6 Å². The second-order valence-electron chi connectivity index (χ2n) is 3.30. The van der Waals surface area contributed by atoms with Gasteiger partial charge in [-0.3, -0.25) is 0 Å². The van der Waals surface area contributed by atoms with E-state index in [2.05, 4.69) is 5.32 Å². The van der Waals surface area contributed by atoms with E-state index < -0.39 is 16.1 Å². The lowest BCUT2D eigenvalue weighted by molar-refractivity contribution is 0.171. The third-order valence-electron chi connectivity index (χ3n) is 1.78. The molecule has 6 heteroatoms. The summed E-state index contributed by atoms with van der Waals surface area (Å²) in [6.45, 7) is 4.84. The van der Waals surface area contributed by atoms with E-state index in [1.807, 2.05) is 6.92 Å². The summed E-state index contributed by atoms with van der Waals surface area (Å²) >= 11 is 0. The van der Waals surface area contributed by atoms with Crippen LogP contribution in [0.5, 0.6) is 0 Å². The molecule has 5 nitrogen and oxygen atoms in total. The number of rotatable bonds is 7. The monoisotopic (exact) mass is 224 g/mol. The van der Waals surface area contributed by atoms with Crippen molar-refractivity contribution in [3.8, 4) is 0 Å². The number of aliphatic hydroxyl groups excluding tert-OH is 1. The average Bonchev–Trinajstić information content (AvgIpc) is 2.03. The molecule has 0 aromatic heterocycles. The molecule has 0 fully saturated rings. The number of hydrogen-bond donors (Lipinski definition) is 2. The van der Waals surface area contributed by atoms with E-state index >= 15 is 0 Å². The van der Waals surface area contributed by atoms with Crippen molar-refractivity contribution in [1.82, 2.24) is 9.62 Å². The molecular weight excluding hydrogens is 204 g/mol. The molecule has 0 saturated carbocycles. The van der Waals surface area contributed by atoms with Gasteiger partial charge in [-0.2, -0.15) is 0 Å². The van der Waals surface area contributed by atoms with Crippen LogP contribution in [0.1, 0.15) is 13.8 Å². The van der Waals surface area contributed by atoms with Gasteiger partial charge in [0.1, 0.15) is 0 Å². The van der Waals surface area contributed by atoms with E-state index in [1.165, 1.54) is 11.4 Å². The predicted octanol–water partition coefficient (Wildman–Crippen LogP) is -0.762. The van der Waals surface area contributed by atoms with Crippen molar-refractivity contribution in [2.45, 2.75) is 20.0 Å². The Balaban J connectivity index is 4.04. The third-order valence-corrected chi connectivity index (χ3v) is 3.60. The molecule has 0 aliphatic rings. The quantitative estimate of drug-likeness (QED) is 0.558. The van der Waals surface area contributed by atoms with Gasteiger partial charge < -0.3 is 10.4 Å². The van der Waals surface area contributed by atoms with Crippen LogP contribution in [0.15, 0.2) is 0 Å². The molecule has 14 heavy (non-hydrogen) atoms. The van der Waals surface area contributed by atoms with Gasteiger partial charge in [0, 0.05) is 20.1 Å². The van der Waals surface area contributed by atoms with Gasteiger partial charge in [-0.15, -0.1) is 0 Å². The molecule has 0 heterocycles. The maximum absolute atomic E-state index is 11.5. The molecule has 86 valence electrons. The fraction of sp³-hybridized carbons (Fsp3) is 1.00. The van der Waals surface area contributed by atoms with Gasteiger partial charge in [0.2, 0.25) is 10.0 Å². The molecular formula is C8H20N2O3S. The van der Waals surface area contributed by atoms with E-state index in [4.69, 9.17) is 5.11 Å². The Morgan fingerprint density at radius 2 is 2.07 bits per heavy atom. The molecule has 1 unspecified atom stereocenters. The molecule has 0 radical (unpaired) electrons. The molecule has 0 amide bonds. The number of aliphatic hydroxyl groups is 1. The zero-order valence-corrected chi connectivity index (χ0v) is 9.84. The molecule has 0 aliphatic heterocycles. The summed E-state index contributed by atoms with van der Waals surface area (Å²) in [6, 6.07) is 0. The molecule has 1 atom stereocenters. The summed E-state index contributed by atoms with van der Waals surface area (Å²) in [5, 5.41) is 12.0. The lowest BCUT2D eigenvalue weighted by Crippen LogP contribution is -2.37. The van der Waals surface area contributed by atoms with Crippen LogP contribution in [0.4, 0.5) is 0 Å². The Morgan fingerprint density at radius 3 is 2.50 bits per heavy atom. The molecule has 0 aromatic carbocycles. The first-order chi connectivity index (χ1) is 6.40. The first kappa shape index (κ1) is 13.8. The van der Waals surface area contributed by atoms with Gasteiger partial charge in [0.25, 0.3) is 0 Å². The van der Waals surface area contributed by atoms with Crippen molar-refractivity contribution in [1.29, 1.82) is 0 Å². The molecule has 0 aromatic rings. The van der Waals surface area contributed by atoms with Crippen LogP contribution in [0, 0.1) is 0 Å². The Kier molecular flexibility index (Phi) is 6.26. The van der Waals surface area contributed by atoms with Gasteiger partial charge in [0.15, 0.2) is 0 Å². The minimum atomic E-state index is -3.22. The van der Waals surface area contributed by atoms with Crippen LogP contribution in [-0.4, -0.2) is 56.4 Å². The number of likely N-dealkylation sites (N-methyl/N-ethyl adjacent to an activating group) is 1. The van der Waals surface area contributed by atoms with Crippen molar-refractivity contribution < 1.29 is 13.5 Å². The zero-order valence-electron chi connectivity index (χ0n) is 9.02. The number of nitrogens with one attached hydrogen (secondary N) is 1. The molecule has 0 aliphatic carbocycles. The predicted molar refractivity (Wildman–Crippen MR) is 56.6 cm³/mol. The van der Waals surface area contributed by atoms with Crippen LogP contribution in [-0.2, 0) is 10.0 Å². The highest BCUT2D eigenvalue weighted by molar-refractivity contribution is 7.89. The average molecular weight is 224 g/mol. The van der Waals surface area contributed by atoms with E-state index in [0.29, 0.717) is 6.54 Å². The van der Waals surface area contributed by atoms with E-state index in [0.717, 1.165) is 6.54 Å². The van der Waals surface area contributed by atoms with Crippen LogP contribution in [0.25, 0.3) is 0 Å². The fourth-order valence-electron chi connectivity index (χ4n) is 1.02. The number of nitrogens with zero attached hydrogens (tertiary/aromatic N) is 1. The van der Waals surface area contributed by atoms with Gasteiger partial charge in [-0.25, -0.2) is 12.7 Å². The first-order valence-corrected chi connectivity index (χ1v) is 6.34. The highest BCUT2D eigenvalue weighted by atomic mass is 32.2. The highest BCUT2D eigenvalue weighted by Gasteiger charge is 2.18. The SMILES string of the molecule is CCNCCS(=O)(=O)N(C)CC(C)O. The summed E-state index contributed by atoms with van der Waals surface area (Å²) in [7, 11) is -1.74.